The highest BCUT2D eigenvalue weighted by atomic mass is 19.1. The van der Waals surface area contributed by atoms with Crippen molar-refractivity contribution in [3.05, 3.63) is 83.4 Å². The predicted octanol–water partition coefficient (Wildman–Crippen LogP) is 6.36. The zero-order valence-corrected chi connectivity index (χ0v) is 25.7. The van der Waals surface area contributed by atoms with E-state index >= 15 is 0 Å². The summed E-state index contributed by atoms with van der Waals surface area (Å²) in [6, 6.07) is 15.7. The van der Waals surface area contributed by atoms with E-state index in [0.29, 0.717) is 42.1 Å². The highest BCUT2D eigenvalue weighted by molar-refractivity contribution is 5.96. The Kier molecular flexibility index (Phi) is 10.1. The number of aryl methyl sites for hydroxylation is 1. The maximum absolute atomic E-state index is 14.8. The summed E-state index contributed by atoms with van der Waals surface area (Å²) in [4.78, 5) is 35.6. The minimum atomic E-state index is -0.902. The molecule has 1 saturated heterocycles. The molecule has 3 atom stereocenters. The van der Waals surface area contributed by atoms with E-state index in [1.165, 1.54) is 6.07 Å². The zero-order chi connectivity index (χ0) is 31.2. The van der Waals surface area contributed by atoms with Crippen LogP contribution in [0.3, 0.4) is 0 Å². The number of nitrogens with zero attached hydrogens (tertiary/aromatic N) is 3. The standard InChI is InChI=1S/C35H42FN3O5/c1-4-9-26(10-5-2)39(29-13-8-12-28(36)23(29)3)33(40)21-38-20-27(24-14-17-31-32(19-24)44-22-43-31)34(35(41)42)30(38)16-15-25-11-6-7-18-37-25/h6-8,11-14,17-19,26-27,30,34H,4-5,9-10,15-16,20-22H2,1-3H3,(H,41,42)/t27-,30+,34-/m1/s1. The Hall–Kier alpha value is -3.98. The monoisotopic (exact) mass is 603 g/mol. The molecule has 2 aromatic carbocycles. The molecule has 3 heterocycles. The fraction of sp³-hybridized carbons (Fsp3) is 0.457. The number of carbonyl (C=O) groups excluding carboxylic acids is 1. The smallest absolute Gasteiger partial charge is 0.308 e. The van der Waals surface area contributed by atoms with Gasteiger partial charge in [-0.1, -0.05) is 44.9 Å². The molecule has 1 N–H and O–H groups in total. The van der Waals surface area contributed by atoms with Crippen molar-refractivity contribution in [2.75, 3.05) is 24.8 Å². The first-order valence-electron chi connectivity index (χ1n) is 15.7. The van der Waals surface area contributed by atoms with Crippen molar-refractivity contribution in [2.24, 2.45) is 5.92 Å². The van der Waals surface area contributed by atoms with Crippen molar-refractivity contribution < 1.29 is 28.6 Å². The molecule has 44 heavy (non-hydrogen) atoms. The predicted molar refractivity (Wildman–Crippen MR) is 167 cm³/mol. The van der Waals surface area contributed by atoms with E-state index in [1.54, 1.807) is 24.1 Å². The minimum Gasteiger partial charge on any atom is -0.481 e. The number of aromatic nitrogens is 1. The second-order valence-corrected chi connectivity index (χ2v) is 11.8. The third kappa shape index (κ3) is 6.73. The number of ether oxygens (including phenoxy) is 2. The average molecular weight is 604 g/mol. The number of rotatable bonds is 13. The number of carboxylic acid groups (broad SMARTS) is 1. The zero-order valence-electron chi connectivity index (χ0n) is 25.7. The third-order valence-corrected chi connectivity index (χ3v) is 9.00. The highest BCUT2D eigenvalue weighted by Gasteiger charge is 2.47. The maximum Gasteiger partial charge on any atom is 0.308 e. The van der Waals surface area contributed by atoms with Crippen LogP contribution in [0.2, 0.25) is 0 Å². The number of amides is 1. The SMILES string of the molecule is CCCC(CCC)N(C(=O)CN1C[C@H](c2ccc3c(c2)OCO3)[C@@H](C(=O)O)[C@@H]1CCc1ccccn1)c1cccc(F)c1C. The van der Waals surface area contributed by atoms with Crippen molar-refractivity contribution in [3.8, 4) is 11.5 Å². The highest BCUT2D eigenvalue weighted by Crippen LogP contribution is 2.43. The summed E-state index contributed by atoms with van der Waals surface area (Å²) in [6.45, 7) is 6.43. The summed E-state index contributed by atoms with van der Waals surface area (Å²) in [5.41, 5.74) is 2.73. The number of carboxylic acids is 1. The molecule has 1 fully saturated rings. The number of likely N-dealkylation sites (tertiary alicyclic amines) is 1. The molecular weight excluding hydrogens is 561 g/mol. The lowest BCUT2D eigenvalue weighted by atomic mass is 9.83. The molecule has 0 saturated carbocycles. The van der Waals surface area contributed by atoms with E-state index in [4.69, 9.17) is 9.47 Å². The van der Waals surface area contributed by atoms with Crippen molar-refractivity contribution in [3.63, 3.8) is 0 Å². The molecule has 0 radical (unpaired) electrons. The van der Waals surface area contributed by atoms with Gasteiger partial charge < -0.3 is 19.5 Å². The number of aliphatic carboxylic acids is 1. The van der Waals surface area contributed by atoms with Crippen LogP contribution in [0.1, 0.15) is 68.7 Å². The molecule has 0 aliphatic carbocycles. The molecule has 3 aromatic rings. The van der Waals surface area contributed by atoms with Gasteiger partial charge in [0.1, 0.15) is 5.82 Å². The van der Waals surface area contributed by atoms with Gasteiger partial charge in [-0.15, -0.1) is 0 Å². The van der Waals surface area contributed by atoms with Gasteiger partial charge in [-0.05, 0) is 74.6 Å². The molecule has 0 bridgehead atoms. The van der Waals surface area contributed by atoms with Crippen molar-refractivity contribution in [2.45, 2.75) is 77.3 Å². The van der Waals surface area contributed by atoms with Crippen LogP contribution in [-0.4, -0.2) is 58.8 Å². The second kappa shape index (κ2) is 14.2. The van der Waals surface area contributed by atoms with Gasteiger partial charge in [-0.2, -0.15) is 0 Å². The average Bonchev–Trinajstić information content (AvgIpc) is 3.63. The maximum atomic E-state index is 14.8. The third-order valence-electron chi connectivity index (χ3n) is 9.00. The van der Waals surface area contributed by atoms with Gasteiger partial charge in [0.2, 0.25) is 12.7 Å². The molecule has 9 heteroatoms. The molecule has 5 rings (SSSR count). The van der Waals surface area contributed by atoms with Crippen LogP contribution in [0, 0.1) is 18.7 Å². The first-order chi connectivity index (χ1) is 21.3. The van der Waals surface area contributed by atoms with Crippen LogP contribution in [0.15, 0.2) is 60.8 Å². The number of hydrogen-bond acceptors (Lipinski definition) is 6. The second-order valence-electron chi connectivity index (χ2n) is 11.8. The molecule has 2 aliphatic heterocycles. The van der Waals surface area contributed by atoms with Crippen molar-refractivity contribution in [1.82, 2.24) is 9.88 Å². The fourth-order valence-electron chi connectivity index (χ4n) is 6.89. The Balaban J connectivity index is 1.50. The molecule has 8 nitrogen and oxygen atoms in total. The van der Waals surface area contributed by atoms with E-state index in [2.05, 4.69) is 18.8 Å². The van der Waals surface area contributed by atoms with E-state index in [1.807, 2.05) is 47.4 Å². The van der Waals surface area contributed by atoms with E-state index in [0.717, 1.165) is 36.9 Å². The van der Waals surface area contributed by atoms with Crippen LogP contribution in [0.4, 0.5) is 10.1 Å². The lowest BCUT2D eigenvalue weighted by molar-refractivity contribution is -0.143. The van der Waals surface area contributed by atoms with Crippen LogP contribution >= 0.6 is 0 Å². The summed E-state index contributed by atoms with van der Waals surface area (Å²) in [5.74, 6) is -1.29. The number of benzene rings is 2. The Morgan fingerprint density at radius 3 is 2.55 bits per heavy atom. The lowest BCUT2D eigenvalue weighted by Gasteiger charge is -2.35. The number of pyridine rings is 1. The molecule has 2 aliphatic rings. The summed E-state index contributed by atoms with van der Waals surface area (Å²) < 4.78 is 25.9. The van der Waals surface area contributed by atoms with E-state index in [-0.39, 0.29) is 37.0 Å². The topological polar surface area (TPSA) is 92.2 Å². The Morgan fingerprint density at radius 1 is 1.07 bits per heavy atom. The Bertz CT molecular complexity index is 1450. The number of anilines is 1. The van der Waals surface area contributed by atoms with Crippen LogP contribution < -0.4 is 14.4 Å². The first-order valence-corrected chi connectivity index (χ1v) is 15.7. The van der Waals surface area contributed by atoms with Crippen LogP contribution in [-0.2, 0) is 16.0 Å². The number of fused-ring (bicyclic) bond motifs is 1. The van der Waals surface area contributed by atoms with Crippen LogP contribution in [0.25, 0.3) is 0 Å². The summed E-state index contributed by atoms with van der Waals surface area (Å²) in [5, 5.41) is 10.6. The van der Waals surface area contributed by atoms with Gasteiger partial charge >= 0.3 is 5.97 Å². The normalized spacial score (nSPS) is 19.4. The molecule has 234 valence electrons. The number of carbonyl (C=O) groups is 2. The molecule has 1 aromatic heterocycles. The molecule has 0 spiro atoms. The Morgan fingerprint density at radius 2 is 1.84 bits per heavy atom. The van der Waals surface area contributed by atoms with E-state index in [9.17, 15) is 19.1 Å². The van der Waals surface area contributed by atoms with Crippen molar-refractivity contribution >= 4 is 17.6 Å². The largest absolute Gasteiger partial charge is 0.481 e. The summed E-state index contributed by atoms with van der Waals surface area (Å²) in [7, 11) is 0. The Labute approximate surface area is 258 Å². The van der Waals surface area contributed by atoms with Gasteiger partial charge in [0.15, 0.2) is 11.5 Å². The fourth-order valence-corrected chi connectivity index (χ4v) is 6.89. The summed E-state index contributed by atoms with van der Waals surface area (Å²) >= 11 is 0. The van der Waals surface area contributed by atoms with Crippen molar-refractivity contribution in [1.29, 1.82) is 0 Å². The number of halogens is 1. The lowest BCUT2D eigenvalue weighted by Crippen LogP contribution is -2.48. The quantitative estimate of drug-likeness (QED) is 0.243. The minimum absolute atomic E-state index is 0.0254. The number of hydrogen-bond donors (Lipinski definition) is 1. The van der Waals surface area contributed by atoms with Gasteiger partial charge in [-0.25, -0.2) is 4.39 Å². The molecule has 0 unspecified atom stereocenters. The van der Waals surface area contributed by atoms with Gasteiger partial charge in [-0.3, -0.25) is 19.5 Å². The van der Waals surface area contributed by atoms with E-state index < -0.39 is 17.9 Å². The van der Waals surface area contributed by atoms with Gasteiger partial charge in [0.25, 0.3) is 0 Å². The molecule has 1 amide bonds. The summed E-state index contributed by atoms with van der Waals surface area (Å²) in [6.07, 6.45) is 6.17. The van der Waals surface area contributed by atoms with Gasteiger partial charge in [0, 0.05) is 47.7 Å². The first kappa shape index (κ1) is 31.4. The van der Waals surface area contributed by atoms with Gasteiger partial charge in [0.05, 0.1) is 12.5 Å². The molecular formula is C35H42FN3O5. The van der Waals surface area contributed by atoms with Crippen LogP contribution in [0.5, 0.6) is 11.5 Å².